The molecule has 0 heterocycles. The van der Waals surface area contributed by atoms with E-state index in [2.05, 4.69) is 25.2 Å². The molecule has 0 fully saturated rings. The van der Waals surface area contributed by atoms with Gasteiger partial charge in [0.15, 0.2) is 0 Å². The van der Waals surface area contributed by atoms with Crippen LogP contribution in [0.5, 0.6) is 5.75 Å². The van der Waals surface area contributed by atoms with Crippen LogP contribution in [-0.4, -0.2) is 19.1 Å². The van der Waals surface area contributed by atoms with Crippen LogP contribution in [0.25, 0.3) is 10.8 Å². The van der Waals surface area contributed by atoms with Gasteiger partial charge in [0.25, 0.3) is 0 Å². The third kappa shape index (κ3) is 3.79. The smallest absolute Gasteiger partial charge is 0.227 e. The minimum Gasteiger partial charge on any atom is -0.497 e. The predicted octanol–water partition coefficient (Wildman–Crippen LogP) is 4.26. The first-order valence-electron chi connectivity index (χ1n) is 7.93. The number of benzene rings is 2. The maximum atomic E-state index is 12.3. The molecule has 0 saturated heterocycles. The van der Waals surface area contributed by atoms with E-state index in [1.165, 1.54) is 0 Å². The van der Waals surface area contributed by atoms with Crippen LogP contribution in [-0.2, 0) is 4.79 Å². The summed E-state index contributed by atoms with van der Waals surface area (Å²) in [6.07, 6.45) is 2.09. The van der Waals surface area contributed by atoms with Gasteiger partial charge in [0.2, 0.25) is 5.91 Å². The van der Waals surface area contributed by atoms with Gasteiger partial charge >= 0.3 is 0 Å². The van der Waals surface area contributed by atoms with E-state index in [1.54, 1.807) is 7.11 Å². The van der Waals surface area contributed by atoms with Crippen molar-refractivity contribution in [3.63, 3.8) is 0 Å². The fourth-order valence-electron chi connectivity index (χ4n) is 2.66. The van der Waals surface area contributed by atoms with Crippen LogP contribution in [0.1, 0.15) is 45.1 Å². The Morgan fingerprint density at radius 2 is 1.82 bits per heavy atom. The Morgan fingerprint density at radius 1 is 1.14 bits per heavy atom. The molecule has 22 heavy (non-hydrogen) atoms. The van der Waals surface area contributed by atoms with Gasteiger partial charge in [0, 0.05) is 6.04 Å². The largest absolute Gasteiger partial charge is 0.497 e. The number of hydrogen-bond donors (Lipinski definition) is 1. The molecule has 3 heteroatoms. The summed E-state index contributed by atoms with van der Waals surface area (Å²) in [7, 11) is 1.67. The van der Waals surface area contributed by atoms with Crippen LogP contribution >= 0.6 is 0 Å². The molecule has 3 nitrogen and oxygen atoms in total. The highest BCUT2D eigenvalue weighted by Crippen LogP contribution is 2.25. The normalized spacial score (nSPS) is 13.6. The fourth-order valence-corrected chi connectivity index (χ4v) is 2.66. The van der Waals surface area contributed by atoms with Crippen molar-refractivity contribution in [2.45, 2.75) is 45.6 Å². The Bertz CT molecular complexity index is 651. The first-order valence-corrected chi connectivity index (χ1v) is 7.93. The molecule has 0 radical (unpaired) electrons. The molecule has 2 rings (SSSR count). The lowest BCUT2D eigenvalue weighted by Crippen LogP contribution is -2.35. The summed E-state index contributed by atoms with van der Waals surface area (Å²) >= 11 is 0. The van der Waals surface area contributed by atoms with Crippen molar-refractivity contribution in [3.05, 3.63) is 42.0 Å². The van der Waals surface area contributed by atoms with Crippen molar-refractivity contribution in [2.75, 3.05) is 7.11 Å². The Labute approximate surface area is 132 Å². The van der Waals surface area contributed by atoms with E-state index < -0.39 is 0 Å². The number of carbonyl (C=O) groups is 1. The van der Waals surface area contributed by atoms with Gasteiger partial charge in [-0.1, -0.05) is 37.6 Å². The molecule has 0 saturated carbocycles. The van der Waals surface area contributed by atoms with E-state index in [-0.39, 0.29) is 17.9 Å². The molecule has 2 atom stereocenters. The summed E-state index contributed by atoms with van der Waals surface area (Å²) in [6.45, 7) is 6.14. The average molecular weight is 299 g/mol. The molecule has 0 aliphatic heterocycles. The van der Waals surface area contributed by atoms with Gasteiger partial charge in [-0.2, -0.15) is 0 Å². The Balaban J connectivity index is 2.17. The lowest BCUT2D eigenvalue weighted by Gasteiger charge is -2.17. The monoisotopic (exact) mass is 299 g/mol. The summed E-state index contributed by atoms with van der Waals surface area (Å²) in [5.41, 5.74) is 1.04. The molecule has 0 unspecified atom stereocenters. The molecule has 2 aromatic rings. The van der Waals surface area contributed by atoms with Gasteiger partial charge in [0.05, 0.1) is 13.0 Å². The molecule has 0 bridgehead atoms. The molecule has 118 valence electrons. The molecule has 0 aromatic heterocycles. The van der Waals surface area contributed by atoms with Gasteiger partial charge < -0.3 is 10.1 Å². The number of methoxy groups -OCH3 is 1. The highest BCUT2D eigenvalue weighted by Gasteiger charge is 2.17. The van der Waals surface area contributed by atoms with Crippen molar-refractivity contribution >= 4 is 16.7 Å². The van der Waals surface area contributed by atoms with Crippen LogP contribution < -0.4 is 10.1 Å². The lowest BCUT2D eigenvalue weighted by atomic mass is 9.96. The zero-order valence-electron chi connectivity index (χ0n) is 13.8. The summed E-state index contributed by atoms with van der Waals surface area (Å²) in [5.74, 6) is 0.791. The van der Waals surface area contributed by atoms with Crippen molar-refractivity contribution in [2.24, 2.45) is 0 Å². The van der Waals surface area contributed by atoms with E-state index in [9.17, 15) is 4.79 Å². The number of amides is 1. The zero-order valence-corrected chi connectivity index (χ0v) is 13.8. The van der Waals surface area contributed by atoms with Gasteiger partial charge in [-0.25, -0.2) is 0 Å². The number of rotatable bonds is 6. The molecule has 0 aliphatic carbocycles. The predicted molar refractivity (Wildman–Crippen MR) is 91.4 cm³/mol. The SMILES string of the molecule is CCC[C@@H](C)NC(=O)[C@@H](C)c1ccc2cc(OC)ccc2c1. The van der Waals surface area contributed by atoms with Gasteiger partial charge in [-0.05, 0) is 48.7 Å². The highest BCUT2D eigenvalue weighted by atomic mass is 16.5. The summed E-state index contributed by atoms with van der Waals surface area (Å²) < 4.78 is 5.24. The van der Waals surface area contributed by atoms with E-state index in [0.29, 0.717) is 0 Å². The number of carbonyl (C=O) groups excluding carboxylic acids is 1. The van der Waals surface area contributed by atoms with E-state index >= 15 is 0 Å². The topological polar surface area (TPSA) is 38.3 Å². The summed E-state index contributed by atoms with van der Waals surface area (Å²) in [5, 5.41) is 5.33. The summed E-state index contributed by atoms with van der Waals surface area (Å²) in [6, 6.07) is 12.4. The van der Waals surface area contributed by atoms with E-state index in [0.717, 1.165) is 34.9 Å². The lowest BCUT2D eigenvalue weighted by molar-refractivity contribution is -0.122. The van der Waals surface area contributed by atoms with E-state index in [1.807, 2.05) is 37.3 Å². The number of hydrogen-bond acceptors (Lipinski definition) is 2. The second-order valence-corrected chi connectivity index (χ2v) is 5.89. The maximum Gasteiger partial charge on any atom is 0.227 e. The molecule has 1 N–H and O–H groups in total. The second-order valence-electron chi connectivity index (χ2n) is 5.89. The Hall–Kier alpha value is -2.03. The molecule has 2 aromatic carbocycles. The maximum absolute atomic E-state index is 12.3. The van der Waals surface area contributed by atoms with E-state index in [4.69, 9.17) is 4.74 Å². The first-order chi connectivity index (χ1) is 10.5. The van der Waals surface area contributed by atoms with Crippen molar-refractivity contribution < 1.29 is 9.53 Å². The van der Waals surface area contributed by atoms with Crippen LogP contribution in [0.3, 0.4) is 0 Å². The molecule has 0 spiro atoms. The quantitative estimate of drug-likeness (QED) is 0.865. The third-order valence-corrected chi connectivity index (χ3v) is 4.08. The summed E-state index contributed by atoms with van der Waals surface area (Å²) in [4.78, 5) is 12.3. The second kappa shape index (κ2) is 7.30. The standard InChI is InChI=1S/C19H25NO2/c1-5-6-13(2)20-19(21)14(3)15-7-8-17-12-18(22-4)10-9-16(17)11-15/h7-14H,5-6H2,1-4H3,(H,20,21)/t13-,14+/m1/s1. The van der Waals surface area contributed by atoms with Crippen LogP contribution in [0.2, 0.25) is 0 Å². The average Bonchev–Trinajstić information content (AvgIpc) is 2.53. The third-order valence-electron chi connectivity index (χ3n) is 4.08. The molecular weight excluding hydrogens is 274 g/mol. The minimum atomic E-state index is -0.147. The van der Waals surface area contributed by atoms with Crippen molar-refractivity contribution in [1.29, 1.82) is 0 Å². The molecule has 0 aliphatic rings. The molecular formula is C19H25NO2. The van der Waals surface area contributed by atoms with Gasteiger partial charge in [-0.15, -0.1) is 0 Å². The molecule has 1 amide bonds. The Kier molecular flexibility index (Phi) is 5.42. The minimum absolute atomic E-state index is 0.0915. The van der Waals surface area contributed by atoms with Crippen molar-refractivity contribution in [3.8, 4) is 5.75 Å². The first kappa shape index (κ1) is 16.3. The van der Waals surface area contributed by atoms with Crippen LogP contribution in [0, 0.1) is 0 Å². The van der Waals surface area contributed by atoms with Gasteiger partial charge in [-0.3, -0.25) is 4.79 Å². The Morgan fingerprint density at radius 3 is 2.50 bits per heavy atom. The zero-order chi connectivity index (χ0) is 16.1. The highest BCUT2D eigenvalue weighted by molar-refractivity contribution is 5.88. The van der Waals surface area contributed by atoms with Crippen molar-refractivity contribution in [1.82, 2.24) is 5.32 Å². The van der Waals surface area contributed by atoms with Gasteiger partial charge in [0.1, 0.15) is 5.75 Å². The number of fused-ring (bicyclic) bond motifs is 1. The number of ether oxygens (including phenoxy) is 1. The fraction of sp³-hybridized carbons (Fsp3) is 0.421. The number of nitrogens with one attached hydrogen (secondary N) is 1. The van der Waals surface area contributed by atoms with Crippen LogP contribution in [0.4, 0.5) is 0 Å². The van der Waals surface area contributed by atoms with Crippen LogP contribution in [0.15, 0.2) is 36.4 Å².